The van der Waals surface area contributed by atoms with E-state index in [0.717, 1.165) is 37.2 Å². The highest BCUT2D eigenvalue weighted by atomic mass is 19.1. The first-order chi connectivity index (χ1) is 14.1. The van der Waals surface area contributed by atoms with Crippen molar-refractivity contribution in [2.24, 2.45) is 4.99 Å². The van der Waals surface area contributed by atoms with Crippen molar-refractivity contribution < 1.29 is 13.5 Å². The predicted octanol–water partition coefficient (Wildman–Crippen LogP) is 3.49. The van der Waals surface area contributed by atoms with Crippen molar-refractivity contribution in [3.05, 3.63) is 65.7 Å². The molecule has 1 aliphatic rings. The third-order valence-electron chi connectivity index (χ3n) is 5.21. The van der Waals surface area contributed by atoms with Gasteiger partial charge in [-0.25, -0.2) is 8.78 Å². The Bertz CT molecular complexity index is 805. The van der Waals surface area contributed by atoms with Crippen molar-refractivity contribution in [3.63, 3.8) is 0 Å². The second-order valence-electron chi connectivity index (χ2n) is 7.11. The number of aliphatic imine (C=N–C) groups is 1. The molecule has 1 atom stereocenters. The predicted molar refractivity (Wildman–Crippen MR) is 112 cm³/mol. The van der Waals surface area contributed by atoms with Crippen LogP contribution in [0.1, 0.15) is 24.5 Å². The summed E-state index contributed by atoms with van der Waals surface area (Å²) in [5, 5.41) is 6.74. The van der Waals surface area contributed by atoms with Crippen LogP contribution in [0, 0.1) is 11.6 Å². The lowest BCUT2D eigenvalue weighted by Gasteiger charge is -2.34. The van der Waals surface area contributed by atoms with Gasteiger partial charge in [0.25, 0.3) is 0 Å². The van der Waals surface area contributed by atoms with E-state index in [4.69, 9.17) is 4.74 Å². The van der Waals surface area contributed by atoms with Crippen LogP contribution >= 0.6 is 0 Å². The minimum Gasteiger partial charge on any atom is -0.375 e. The molecule has 0 aromatic heterocycles. The lowest BCUT2D eigenvalue weighted by Crippen LogP contribution is -2.49. The van der Waals surface area contributed by atoms with Gasteiger partial charge in [-0.2, -0.15) is 0 Å². The molecule has 1 fully saturated rings. The Labute approximate surface area is 170 Å². The normalized spacial score (nSPS) is 16.6. The number of anilines is 1. The summed E-state index contributed by atoms with van der Waals surface area (Å²) in [6.07, 6.45) is 1.66. The first kappa shape index (κ1) is 21.0. The van der Waals surface area contributed by atoms with Gasteiger partial charge in [-0.1, -0.05) is 18.2 Å². The molecule has 1 aliphatic heterocycles. The Balaban J connectivity index is 1.48. The highest BCUT2D eigenvalue weighted by molar-refractivity contribution is 5.80. The van der Waals surface area contributed by atoms with E-state index in [2.05, 4.69) is 20.5 Å². The molecule has 2 aromatic rings. The van der Waals surface area contributed by atoms with Crippen LogP contribution in [0.3, 0.4) is 0 Å². The number of methoxy groups -OCH3 is 1. The molecule has 1 saturated heterocycles. The molecule has 2 aromatic carbocycles. The number of nitrogens with one attached hydrogen (secondary N) is 2. The summed E-state index contributed by atoms with van der Waals surface area (Å²) in [5.74, 6) is 0.234. The molecule has 1 heterocycles. The molecule has 5 nitrogen and oxygen atoms in total. The van der Waals surface area contributed by atoms with E-state index in [-0.39, 0.29) is 23.8 Å². The van der Waals surface area contributed by atoms with Gasteiger partial charge in [0.1, 0.15) is 11.6 Å². The van der Waals surface area contributed by atoms with Gasteiger partial charge >= 0.3 is 0 Å². The average molecular weight is 402 g/mol. The minimum atomic E-state index is -0.265. The van der Waals surface area contributed by atoms with Gasteiger partial charge in [0.15, 0.2) is 5.96 Å². The smallest absolute Gasteiger partial charge is 0.191 e. The van der Waals surface area contributed by atoms with Gasteiger partial charge in [0, 0.05) is 45.5 Å². The molecule has 0 saturated carbocycles. The Morgan fingerprint density at radius 3 is 2.48 bits per heavy atom. The number of nitrogens with zero attached hydrogens (tertiary/aromatic N) is 2. The third-order valence-corrected chi connectivity index (χ3v) is 5.21. The highest BCUT2D eigenvalue weighted by Crippen LogP contribution is 2.21. The maximum Gasteiger partial charge on any atom is 0.191 e. The quantitative estimate of drug-likeness (QED) is 0.574. The van der Waals surface area contributed by atoms with E-state index >= 15 is 0 Å². The molecule has 1 unspecified atom stereocenters. The van der Waals surface area contributed by atoms with E-state index in [0.29, 0.717) is 12.5 Å². The van der Waals surface area contributed by atoms with Gasteiger partial charge < -0.3 is 20.3 Å². The van der Waals surface area contributed by atoms with Gasteiger partial charge in [0.05, 0.1) is 6.10 Å². The van der Waals surface area contributed by atoms with Crippen LogP contribution in [0.5, 0.6) is 0 Å². The number of ether oxygens (including phenoxy) is 1. The molecular weight excluding hydrogens is 374 g/mol. The van der Waals surface area contributed by atoms with Crippen LogP contribution < -0.4 is 15.5 Å². The average Bonchev–Trinajstić information content (AvgIpc) is 2.75. The van der Waals surface area contributed by atoms with Gasteiger partial charge in [0.2, 0.25) is 0 Å². The van der Waals surface area contributed by atoms with Crippen LogP contribution in [-0.2, 0) is 4.74 Å². The number of benzene rings is 2. The molecule has 29 heavy (non-hydrogen) atoms. The van der Waals surface area contributed by atoms with Crippen molar-refractivity contribution in [1.82, 2.24) is 10.6 Å². The molecule has 0 bridgehead atoms. The second kappa shape index (κ2) is 10.2. The number of guanidine groups is 1. The number of hydrogen-bond acceptors (Lipinski definition) is 3. The van der Waals surface area contributed by atoms with E-state index in [1.807, 2.05) is 6.07 Å². The first-order valence-corrected chi connectivity index (χ1v) is 9.85. The molecule has 3 rings (SSSR count). The zero-order chi connectivity index (χ0) is 20.6. The monoisotopic (exact) mass is 402 g/mol. The number of halogens is 2. The summed E-state index contributed by atoms with van der Waals surface area (Å²) in [6.45, 7) is 2.23. The summed E-state index contributed by atoms with van der Waals surface area (Å²) >= 11 is 0. The van der Waals surface area contributed by atoms with Crippen LogP contribution in [0.15, 0.2) is 53.5 Å². The number of piperidine rings is 1. The number of hydrogen-bond donors (Lipinski definition) is 2. The molecule has 7 heteroatoms. The topological polar surface area (TPSA) is 48.9 Å². The zero-order valence-corrected chi connectivity index (χ0v) is 16.9. The Morgan fingerprint density at radius 2 is 1.86 bits per heavy atom. The van der Waals surface area contributed by atoms with Crippen LogP contribution in [-0.4, -0.2) is 45.8 Å². The van der Waals surface area contributed by atoms with Crippen molar-refractivity contribution in [2.75, 3.05) is 38.7 Å². The summed E-state index contributed by atoms with van der Waals surface area (Å²) in [7, 11) is 3.37. The minimum absolute atomic E-state index is 0.205. The molecule has 156 valence electrons. The van der Waals surface area contributed by atoms with E-state index in [1.165, 1.54) is 18.2 Å². The fourth-order valence-electron chi connectivity index (χ4n) is 3.55. The molecular formula is C22H28F2N4O. The Morgan fingerprint density at radius 1 is 1.14 bits per heavy atom. The molecule has 2 N–H and O–H groups in total. The second-order valence-corrected chi connectivity index (χ2v) is 7.11. The maximum atomic E-state index is 13.4. The van der Waals surface area contributed by atoms with E-state index in [1.54, 1.807) is 38.4 Å². The van der Waals surface area contributed by atoms with Crippen LogP contribution in [0.2, 0.25) is 0 Å². The molecule has 0 amide bonds. The van der Waals surface area contributed by atoms with Gasteiger partial charge in [-0.05, 0) is 48.7 Å². The summed E-state index contributed by atoms with van der Waals surface area (Å²) in [5.41, 5.74) is 1.83. The highest BCUT2D eigenvalue weighted by Gasteiger charge is 2.21. The van der Waals surface area contributed by atoms with Crippen molar-refractivity contribution in [3.8, 4) is 0 Å². The zero-order valence-electron chi connectivity index (χ0n) is 16.9. The van der Waals surface area contributed by atoms with Crippen molar-refractivity contribution in [2.45, 2.75) is 25.0 Å². The summed E-state index contributed by atoms with van der Waals surface area (Å²) in [4.78, 5) is 6.50. The van der Waals surface area contributed by atoms with E-state index in [9.17, 15) is 8.78 Å². The molecule has 0 radical (unpaired) electrons. The number of rotatable bonds is 6. The van der Waals surface area contributed by atoms with Crippen LogP contribution in [0.25, 0.3) is 0 Å². The van der Waals surface area contributed by atoms with Crippen LogP contribution in [0.4, 0.5) is 14.5 Å². The maximum absolute atomic E-state index is 13.4. The Kier molecular flexibility index (Phi) is 7.41. The van der Waals surface area contributed by atoms with Crippen molar-refractivity contribution >= 4 is 11.6 Å². The summed E-state index contributed by atoms with van der Waals surface area (Å²) < 4.78 is 32.1. The first-order valence-electron chi connectivity index (χ1n) is 9.85. The lowest BCUT2D eigenvalue weighted by atomic mass is 10.0. The largest absolute Gasteiger partial charge is 0.375 e. The SMILES string of the molecule is CN=C(NCC(OC)c1ccc(F)cc1)NC1CCN(c2cccc(F)c2)CC1. The van der Waals surface area contributed by atoms with E-state index < -0.39 is 0 Å². The third kappa shape index (κ3) is 5.90. The lowest BCUT2D eigenvalue weighted by molar-refractivity contribution is 0.106. The standard InChI is InChI=1S/C22H28F2N4O/c1-25-22(26-15-21(29-2)16-6-8-17(23)9-7-16)27-19-10-12-28(13-11-19)20-5-3-4-18(24)14-20/h3-9,14,19,21H,10-13,15H2,1-2H3,(H2,25,26,27). The van der Waals surface area contributed by atoms with Crippen molar-refractivity contribution in [1.29, 1.82) is 0 Å². The van der Waals surface area contributed by atoms with Gasteiger partial charge in [-0.3, -0.25) is 4.99 Å². The summed E-state index contributed by atoms with van der Waals surface area (Å²) in [6, 6.07) is 13.3. The Hall–Kier alpha value is -2.67. The van der Waals surface area contributed by atoms with Gasteiger partial charge in [-0.15, -0.1) is 0 Å². The fourth-order valence-corrected chi connectivity index (χ4v) is 3.55. The molecule has 0 spiro atoms. The fraction of sp³-hybridized carbons (Fsp3) is 0.409. The molecule has 0 aliphatic carbocycles.